The van der Waals surface area contributed by atoms with Crippen LogP contribution in [0.15, 0.2) is 54.9 Å². The van der Waals surface area contributed by atoms with Crippen LogP contribution in [0.1, 0.15) is 5.56 Å². The molecule has 7 heteroatoms. The van der Waals surface area contributed by atoms with Gasteiger partial charge in [-0.25, -0.2) is 4.98 Å². The van der Waals surface area contributed by atoms with Crippen LogP contribution < -0.4 is 10.1 Å². The Morgan fingerprint density at radius 2 is 1.88 bits per heavy atom. The third kappa shape index (κ3) is 4.34. The van der Waals surface area contributed by atoms with E-state index in [0.29, 0.717) is 34.8 Å². The highest BCUT2D eigenvalue weighted by Crippen LogP contribution is 2.26. The van der Waals surface area contributed by atoms with Crippen molar-refractivity contribution in [1.82, 2.24) is 15.2 Å². The second-order valence-electron chi connectivity index (χ2n) is 4.93. The molecule has 0 spiro atoms. The van der Waals surface area contributed by atoms with E-state index >= 15 is 0 Å². The first-order chi connectivity index (χ1) is 11.7. The molecule has 3 aromatic rings. The zero-order chi connectivity index (χ0) is 16.8. The molecule has 0 aliphatic carbocycles. The third-order valence-electron chi connectivity index (χ3n) is 3.25. The SMILES string of the molecule is Clc1ccc(CCOc2ccccc2Nc2nccnn2)cc1Cl. The summed E-state index contributed by atoms with van der Waals surface area (Å²) in [5.41, 5.74) is 1.84. The topological polar surface area (TPSA) is 59.9 Å². The number of halogens is 2. The molecule has 1 N–H and O–H groups in total. The zero-order valence-electron chi connectivity index (χ0n) is 12.6. The Bertz CT molecular complexity index is 815. The minimum Gasteiger partial charge on any atom is -0.491 e. The van der Waals surface area contributed by atoms with Crippen LogP contribution in [0, 0.1) is 0 Å². The summed E-state index contributed by atoms with van der Waals surface area (Å²) in [7, 11) is 0. The number of ether oxygens (including phenoxy) is 1. The molecule has 0 bridgehead atoms. The van der Waals surface area contributed by atoms with E-state index in [2.05, 4.69) is 20.5 Å². The zero-order valence-corrected chi connectivity index (χ0v) is 14.1. The van der Waals surface area contributed by atoms with Gasteiger partial charge in [-0.1, -0.05) is 41.4 Å². The highest BCUT2D eigenvalue weighted by molar-refractivity contribution is 6.42. The first-order valence-electron chi connectivity index (χ1n) is 7.29. The molecule has 0 atom stereocenters. The Morgan fingerprint density at radius 3 is 2.67 bits per heavy atom. The second-order valence-corrected chi connectivity index (χ2v) is 5.75. The molecule has 24 heavy (non-hydrogen) atoms. The van der Waals surface area contributed by atoms with Crippen molar-refractivity contribution in [1.29, 1.82) is 0 Å². The van der Waals surface area contributed by atoms with Crippen molar-refractivity contribution in [2.24, 2.45) is 0 Å². The van der Waals surface area contributed by atoms with Crippen LogP contribution in [0.2, 0.25) is 10.0 Å². The quantitative estimate of drug-likeness (QED) is 0.698. The van der Waals surface area contributed by atoms with Gasteiger partial charge >= 0.3 is 0 Å². The van der Waals surface area contributed by atoms with Crippen molar-refractivity contribution >= 4 is 34.8 Å². The van der Waals surface area contributed by atoms with Crippen LogP contribution >= 0.6 is 23.2 Å². The highest BCUT2D eigenvalue weighted by atomic mass is 35.5. The van der Waals surface area contributed by atoms with Gasteiger partial charge in [0, 0.05) is 6.42 Å². The fourth-order valence-electron chi connectivity index (χ4n) is 2.10. The Kier molecular flexibility index (Phi) is 5.46. The standard InChI is InChI=1S/C17H14Cl2N4O/c18-13-6-5-12(11-14(13)19)7-10-24-16-4-2-1-3-15(16)22-17-20-8-9-21-23-17/h1-6,8-9,11H,7,10H2,(H,20,22,23). The van der Waals surface area contributed by atoms with E-state index in [4.69, 9.17) is 27.9 Å². The first-order valence-corrected chi connectivity index (χ1v) is 8.04. The molecule has 0 saturated heterocycles. The maximum absolute atomic E-state index is 6.02. The number of nitrogens with one attached hydrogen (secondary N) is 1. The summed E-state index contributed by atoms with van der Waals surface area (Å²) >= 11 is 11.9. The number of rotatable bonds is 6. The summed E-state index contributed by atoms with van der Waals surface area (Å²) in [6.45, 7) is 0.505. The number of para-hydroxylation sites is 2. The first kappa shape index (κ1) is 16.5. The number of hydrogen-bond donors (Lipinski definition) is 1. The molecular formula is C17H14Cl2N4O. The van der Waals surface area contributed by atoms with E-state index in [1.54, 1.807) is 12.3 Å². The molecule has 2 aromatic carbocycles. The molecule has 0 saturated carbocycles. The minimum atomic E-state index is 0.415. The normalized spacial score (nSPS) is 10.4. The van der Waals surface area contributed by atoms with Gasteiger partial charge in [0.05, 0.1) is 34.7 Å². The lowest BCUT2D eigenvalue weighted by atomic mass is 10.2. The van der Waals surface area contributed by atoms with Crippen molar-refractivity contribution in [2.75, 3.05) is 11.9 Å². The molecule has 3 rings (SSSR count). The lowest BCUT2D eigenvalue weighted by molar-refractivity contribution is 0.323. The van der Waals surface area contributed by atoms with Crippen LogP contribution in [-0.2, 0) is 6.42 Å². The number of hydrogen-bond acceptors (Lipinski definition) is 5. The number of nitrogens with zero attached hydrogens (tertiary/aromatic N) is 3. The van der Waals surface area contributed by atoms with Crippen molar-refractivity contribution in [3.05, 3.63) is 70.5 Å². The van der Waals surface area contributed by atoms with Crippen LogP contribution in [-0.4, -0.2) is 21.8 Å². The second kappa shape index (κ2) is 7.95. The third-order valence-corrected chi connectivity index (χ3v) is 3.99. The minimum absolute atomic E-state index is 0.415. The molecule has 1 heterocycles. The summed E-state index contributed by atoms with van der Waals surface area (Å²) < 4.78 is 5.87. The Morgan fingerprint density at radius 1 is 1.00 bits per heavy atom. The molecule has 122 valence electrons. The molecule has 5 nitrogen and oxygen atoms in total. The monoisotopic (exact) mass is 360 g/mol. The van der Waals surface area contributed by atoms with Gasteiger partial charge in [-0.05, 0) is 29.8 Å². The summed E-state index contributed by atoms with van der Waals surface area (Å²) in [4.78, 5) is 4.09. The fraction of sp³-hybridized carbons (Fsp3) is 0.118. The number of anilines is 2. The largest absolute Gasteiger partial charge is 0.491 e. The van der Waals surface area contributed by atoms with E-state index in [1.165, 1.54) is 6.20 Å². The lowest BCUT2D eigenvalue weighted by Gasteiger charge is -2.12. The average Bonchev–Trinajstić information content (AvgIpc) is 2.60. The van der Waals surface area contributed by atoms with Crippen molar-refractivity contribution in [3.8, 4) is 5.75 Å². The van der Waals surface area contributed by atoms with Crippen LogP contribution in [0.4, 0.5) is 11.6 Å². The van der Waals surface area contributed by atoms with Gasteiger partial charge in [0.15, 0.2) is 0 Å². The summed E-state index contributed by atoms with van der Waals surface area (Å²) in [6.07, 6.45) is 3.81. The molecule has 0 aliphatic rings. The predicted molar refractivity (Wildman–Crippen MR) is 95.2 cm³/mol. The van der Waals surface area contributed by atoms with Gasteiger partial charge in [0.25, 0.3) is 0 Å². The van der Waals surface area contributed by atoms with Gasteiger partial charge in [0.1, 0.15) is 5.75 Å². The van der Waals surface area contributed by atoms with Crippen LogP contribution in [0.5, 0.6) is 5.75 Å². The Balaban J connectivity index is 1.64. The van der Waals surface area contributed by atoms with Gasteiger partial charge in [-0.2, -0.15) is 5.10 Å². The van der Waals surface area contributed by atoms with Gasteiger partial charge in [0.2, 0.25) is 5.95 Å². The molecule has 1 aromatic heterocycles. The Labute approximate surface area is 149 Å². The summed E-state index contributed by atoms with van der Waals surface area (Å²) in [5, 5.41) is 11.9. The average molecular weight is 361 g/mol. The maximum atomic E-state index is 6.02. The molecule has 0 amide bonds. The van der Waals surface area contributed by atoms with E-state index in [1.807, 2.05) is 36.4 Å². The highest BCUT2D eigenvalue weighted by Gasteiger charge is 2.06. The lowest BCUT2D eigenvalue weighted by Crippen LogP contribution is -2.04. The van der Waals surface area contributed by atoms with E-state index in [9.17, 15) is 0 Å². The molecule has 0 unspecified atom stereocenters. The van der Waals surface area contributed by atoms with Crippen molar-refractivity contribution in [2.45, 2.75) is 6.42 Å². The van der Waals surface area contributed by atoms with Gasteiger partial charge < -0.3 is 10.1 Å². The summed E-state index contributed by atoms with van der Waals surface area (Å²) in [6, 6.07) is 13.2. The van der Waals surface area contributed by atoms with E-state index < -0.39 is 0 Å². The maximum Gasteiger partial charge on any atom is 0.247 e. The van der Waals surface area contributed by atoms with Crippen LogP contribution in [0.3, 0.4) is 0 Å². The molecular weight excluding hydrogens is 347 g/mol. The van der Waals surface area contributed by atoms with Crippen molar-refractivity contribution < 1.29 is 4.74 Å². The van der Waals surface area contributed by atoms with E-state index in [0.717, 1.165) is 11.3 Å². The van der Waals surface area contributed by atoms with Crippen LogP contribution in [0.25, 0.3) is 0 Å². The Hall–Kier alpha value is -2.37. The molecule has 0 aliphatic heterocycles. The predicted octanol–water partition coefficient (Wildman–Crippen LogP) is 4.54. The fourth-order valence-corrected chi connectivity index (χ4v) is 2.42. The van der Waals surface area contributed by atoms with Crippen molar-refractivity contribution in [3.63, 3.8) is 0 Å². The number of benzene rings is 2. The smallest absolute Gasteiger partial charge is 0.247 e. The van der Waals surface area contributed by atoms with Gasteiger partial charge in [-0.3, -0.25) is 0 Å². The van der Waals surface area contributed by atoms with E-state index in [-0.39, 0.29) is 0 Å². The number of aromatic nitrogens is 3. The summed E-state index contributed by atoms with van der Waals surface area (Å²) in [5.74, 6) is 1.13. The molecule has 0 radical (unpaired) electrons. The van der Waals surface area contributed by atoms with Gasteiger partial charge in [-0.15, -0.1) is 5.10 Å². The molecule has 0 fully saturated rings.